The molecule has 1 aromatic carbocycles. The average molecular weight is 642 g/mol. The van der Waals surface area contributed by atoms with E-state index < -0.39 is 45.0 Å². The van der Waals surface area contributed by atoms with Gasteiger partial charge < -0.3 is 15.2 Å². The van der Waals surface area contributed by atoms with Gasteiger partial charge >= 0.3 is 11.9 Å². The fourth-order valence-electron chi connectivity index (χ4n) is 5.24. The molecule has 1 saturated carbocycles. The fourth-order valence-corrected chi connectivity index (χ4v) is 8.49. The quantitative estimate of drug-likeness (QED) is 0.439. The number of carboxylic acid groups (broad SMARTS) is 1. The number of halogens is 2. The molecule has 2 aliphatic heterocycles. The number of benzene rings is 1. The van der Waals surface area contributed by atoms with Gasteiger partial charge in [0, 0.05) is 40.8 Å². The van der Waals surface area contributed by atoms with E-state index in [4.69, 9.17) is 14.8 Å². The van der Waals surface area contributed by atoms with Crippen LogP contribution in [0, 0.1) is 17.7 Å². The van der Waals surface area contributed by atoms with Crippen LogP contribution in [-0.2, 0) is 24.3 Å². The number of nitrogens with zero attached hydrogens (tertiary/aromatic N) is 3. The molecule has 1 aliphatic carbocycles. The fraction of sp³-hybridized carbons (Fsp3) is 0.440. The molecule has 2 aromatic rings. The summed E-state index contributed by atoms with van der Waals surface area (Å²) in [6, 6.07) is 3.36. The van der Waals surface area contributed by atoms with Gasteiger partial charge in [-0.1, -0.05) is 22.0 Å². The van der Waals surface area contributed by atoms with E-state index in [1.165, 1.54) is 34.9 Å². The van der Waals surface area contributed by atoms with Gasteiger partial charge in [-0.05, 0) is 43.4 Å². The van der Waals surface area contributed by atoms with E-state index in [0.29, 0.717) is 39.4 Å². The number of allylic oxidation sites excluding steroid dienone is 1. The molecule has 39 heavy (non-hydrogen) atoms. The van der Waals surface area contributed by atoms with Gasteiger partial charge in [0.2, 0.25) is 10.0 Å². The summed E-state index contributed by atoms with van der Waals surface area (Å²) in [7, 11) is -2.34. The second-order valence-corrected chi connectivity index (χ2v) is 13.6. The van der Waals surface area contributed by atoms with Crippen LogP contribution in [-0.4, -0.2) is 66.0 Å². The van der Waals surface area contributed by atoms with Crippen molar-refractivity contribution in [3.63, 3.8) is 0 Å². The molecule has 208 valence electrons. The number of sulfonamides is 1. The molecule has 1 aromatic heterocycles. The van der Waals surface area contributed by atoms with Crippen LogP contribution < -0.4 is 5.32 Å². The Labute approximate surface area is 237 Å². The maximum absolute atomic E-state index is 13.9. The maximum Gasteiger partial charge on any atom is 0.338 e. The smallest absolute Gasteiger partial charge is 0.338 e. The molecule has 2 fully saturated rings. The van der Waals surface area contributed by atoms with E-state index in [1.54, 1.807) is 17.6 Å². The first kappa shape index (κ1) is 27.9. The third-order valence-electron chi connectivity index (χ3n) is 7.46. The highest BCUT2D eigenvalue weighted by Gasteiger charge is 2.46. The minimum atomic E-state index is -3.62. The van der Waals surface area contributed by atoms with E-state index >= 15 is 0 Å². The normalized spacial score (nSPS) is 24.5. The van der Waals surface area contributed by atoms with Crippen molar-refractivity contribution in [3.8, 4) is 0 Å². The summed E-state index contributed by atoms with van der Waals surface area (Å²) in [6.07, 6.45) is 2.75. The zero-order valence-corrected chi connectivity index (χ0v) is 24.1. The van der Waals surface area contributed by atoms with Crippen LogP contribution in [0.3, 0.4) is 0 Å². The van der Waals surface area contributed by atoms with E-state index in [9.17, 15) is 22.4 Å². The summed E-state index contributed by atoms with van der Waals surface area (Å²) in [5.74, 6) is -2.38. The van der Waals surface area contributed by atoms with Gasteiger partial charge in [0.1, 0.15) is 11.9 Å². The summed E-state index contributed by atoms with van der Waals surface area (Å²) in [5, 5.41) is 14.2. The number of nitrogens with one attached hydrogen (secondary N) is 1. The zero-order chi connectivity index (χ0) is 27.9. The molecule has 1 unspecified atom stereocenters. The van der Waals surface area contributed by atoms with Gasteiger partial charge in [-0.25, -0.2) is 26.9 Å². The van der Waals surface area contributed by atoms with E-state index in [-0.39, 0.29) is 37.4 Å². The Balaban J connectivity index is 1.46. The maximum atomic E-state index is 13.9. The first-order chi connectivity index (χ1) is 18.6. The predicted molar refractivity (Wildman–Crippen MR) is 145 cm³/mol. The number of hydrogen-bond acceptors (Lipinski definition) is 9. The van der Waals surface area contributed by atoms with Crippen LogP contribution in [0.15, 0.2) is 50.5 Å². The summed E-state index contributed by atoms with van der Waals surface area (Å²) in [5.41, 5.74) is 1.42. The van der Waals surface area contributed by atoms with Gasteiger partial charge in [0.15, 0.2) is 10.8 Å². The number of hydrogen-bond donors (Lipinski definition) is 2. The second-order valence-electron chi connectivity index (χ2n) is 9.67. The summed E-state index contributed by atoms with van der Waals surface area (Å²) in [4.78, 5) is 33.5. The molecular weight excluding hydrogens is 615 g/mol. The Hall–Kier alpha value is -2.68. The molecule has 2 N–H and O–H groups in total. The molecule has 3 aliphatic rings. The van der Waals surface area contributed by atoms with Crippen molar-refractivity contribution < 1.29 is 32.2 Å². The molecule has 14 heteroatoms. The highest BCUT2D eigenvalue weighted by Crippen LogP contribution is 2.41. The van der Waals surface area contributed by atoms with Crippen LogP contribution >= 0.6 is 27.3 Å². The minimum absolute atomic E-state index is 0.124. The van der Waals surface area contributed by atoms with Crippen molar-refractivity contribution in [3.05, 3.63) is 61.9 Å². The lowest BCUT2D eigenvalue weighted by Gasteiger charge is -2.40. The van der Waals surface area contributed by atoms with E-state index in [2.05, 4.69) is 26.2 Å². The van der Waals surface area contributed by atoms with E-state index in [1.807, 2.05) is 0 Å². The Kier molecular flexibility index (Phi) is 7.91. The van der Waals surface area contributed by atoms with Gasteiger partial charge in [-0.15, -0.1) is 11.3 Å². The van der Waals surface area contributed by atoms with E-state index in [0.717, 1.165) is 0 Å². The largest absolute Gasteiger partial charge is 0.481 e. The lowest BCUT2D eigenvalue weighted by molar-refractivity contribution is -0.144. The second kappa shape index (κ2) is 11.1. The van der Waals surface area contributed by atoms with Crippen molar-refractivity contribution in [1.82, 2.24) is 14.6 Å². The summed E-state index contributed by atoms with van der Waals surface area (Å²) in [6.45, 7) is 0.463. The average Bonchev–Trinajstić information content (AvgIpc) is 3.41. The lowest BCUT2D eigenvalue weighted by Crippen LogP contribution is -2.50. The Morgan fingerprint density at radius 1 is 1.26 bits per heavy atom. The number of aromatic nitrogens is 1. The van der Waals surface area contributed by atoms with Crippen molar-refractivity contribution in [2.75, 3.05) is 20.2 Å². The number of rotatable bonds is 7. The standard InChI is InChI=1S/C25H26BrFN4O6S2/c1-37-25(34)19-20(13-4-7-31(8-5-13)39(35,36)16-10-14(11-16)24(32)33)29-22(23-28-6-9-38-23)30-21(19)17-3-2-15(27)12-18(17)26/h2-3,6,9,12-14,16,21H,4-5,7-8,10-11H2,1H3,(H,29,30)(H,32,33)/t14-,16-,21?. The number of thiazole rings is 1. The van der Waals surface area contributed by atoms with Crippen LogP contribution in [0.25, 0.3) is 0 Å². The Morgan fingerprint density at radius 3 is 2.56 bits per heavy atom. The predicted octanol–water partition coefficient (Wildman–Crippen LogP) is 3.47. The molecule has 0 spiro atoms. The lowest BCUT2D eigenvalue weighted by atomic mass is 9.85. The number of piperidine rings is 1. The molecule has 3 heterocycles. The highest BCUT2D eigenvalue weighted by molar-refractivity contribution is 9.10. The molecule has 0 amide bonds. The first-order valence-corrected chi connectivity index (χ1v) is 15.5. The summed E-state index contributed by atoms with van der Waals surface area (Å²) >= 11 is 4.78. The zero-order valence-electron chi connectivity index (χ0n) is 20.8. The van der Waals surface area contributed by atoms with Gasteiger partial charge in [-0.3, -0.25) is 9.79 Å². The molecule has 5 rings (SSSR count). The molecule has 0 radical (unpaired) electrons. The number of aliphatic carboxylic acids is 1. The first-order valence-electron chi connectivity index (χ1n) is 12.3. The number of ether oxygens (including phenoxy) is 1. The third-order valence-corrected chi connectivity index (χ3v) is 11.2. The van der Waals surface area contributed by atoms with Crippen molar-refractivity contribution in [1.29, 1.82) is 0 Å². The topological polar surface area (TPSA) is 138 Å². The molecular formula is C25H26BrFN4O6S2. The SMILES string of the molecule is COC(=O)C1=C(C2CCN(S(=O)(=O)[C@H]3C[C@H](C(=O)O)C3)CC2)NC(c2nccs2)=NC1c1ccc(F)cc1Br. The van der Waals surface area contributed by atoms with Crippen molar-refractivity contribution in [2.45, 2.75) is 37.0 Å². The molecule has 0 bridgehead atoms. The number of esters is 1. The Morgan fingerprint density at radius 2 is 1.97 bits per heavy atom. The molecule has 1 saturated heterocycles. The number of carboxylic acids is 1. The van der Waals surface area contributed by atoms with Gasteiger partial charge in [-0.2, -0.15) is 0 Å². The van der Waals surface area contributed by atoms with Crippen LogP contribution in [0.2, 0.25) is 0 Å². The number of aliphatic imine (C=N–C) groups is 1. The monoisotopic (exact) mass is 640 g/mol. The number of methoxy groups -OCH3 is 1. The van der Waals surface area contributed by atoms with Crippen LogP contribution in [0.5, 0.6) is 0 Å². The van der Waals surface area contributed by atoms with Gasteiger partial charge in [0.25, 0.3) is 0 Å². The summed E-state index contributed by atoms with van der Waals surface area (Å²) < 4.78 is 47.2. The highest BCUT2D eigenvalue weighted by atomic mass is 79.9. The molecule has 1 atom stereocenters. The number of carbonyl (C=O) groups is 2. The molecule has 10 nitrogen and oxygen atoms in total. The number of amidine groups is 1. The van der Waals surface area contributed by atoms with Crippen molar-refractivity contribution >= 4 is 55.1 Å². The number of carbonyl (C=O) groups excluding carboxylic acids is 1. The van der Waals surface area contributed by atoms with Gasteiger partial charge in [0.05, 0.1) is 23.9 Å². The Bertz CT molecular complexity index is 1450. The van der Waals surface area contributed by atoms with Crippen LogP contribution in [0.4, 0.5) is 4.39 Å². The minimum Gasteiger partial charge on any atom is -0.481 e. The third kappa shape index (κ3) is 5.39. The van der Waals surface area contributed by atoms with Crippen molar-refractivity contribution in [2.24, 2.45) is 16.8 Å². The van der Waals surface area contributed by atoms with Crippen LogP contribution in [0.1, 0.15) is 42.3 Å².